The van der Waals surface area contributed by atoms with E-state index < -0.39 is 27.3 Å². The van der Waals surface area contributed by atoms with Crippen LogP contribution in [0.1, 0.15) is 5.56 Å². The van der Waals surface area contributed by atoms with Gasteiger partial charge in [0, 0.05) is 0 Å². The van der Waals surface area contributed by atoms with E-state index in [4.69, 9.17) is 0 Å². The molecule has 1 heterocycles. The third kappa shape index (κ3) is 3.62. The number of rotatable bonds is 4. The van der Waals surface area contributed by atoms with Crippen LogP contribution in [0.25, 0.3) is 0 Å². The summed E-state index contributed by atoms with van der Waals surface area (Å²) in [5.74, 6) is -1.79. The predicted molar refractivity (Wildman–Crippen MR) is 67.5 cm³/mol. The molecule has 6 nitrogen and oxygen atoms in total. The average Bonchev–Trinajstić information content (AvgIpc) is 2.34. The fourth-order valence-electron chi connectivity index (χ4n) is 1.44. The molecule has 0 aliphatic rings. The van der Waals surface area contributed by atoms with E-state index in [2.05, 4.69) is 4.98 Å². The topological polar surface area (TPSA) is 91.9 Å². The number of hydrogen-bond acceptors (Lipinski definition) is 4. The summed E-state index contributed by atoms with van der Waals surface area (Å²) in [5.41, 5.74) is -0.286. The quantitative estimate of drug-likeness (QED) is 0.870. The number of anilines is 1. The fourth-order valence-corrected chi connectivity index (χ4v) is 2.60. The van der Waals surface area contributed by atoms with Gasteiger partial charge < -0.3 is 0 Å². The van der Waals surface area contributed by atoms with Crippen molar-refractivity contribution in [2.24, 2.45) is 0 Å². The van der Waals surface area contributed by atoms with Crippen molar-refractivity contribution in [2.75, 3.05) is 4.72 Å². The number of benzene rings is 1. The average molecular weight is 283 g/mol. The minimum Gasteiger partial charge on any atom is -0.289 e. The van der Waals surface area contributed by atoms with Crippen molar-refractivity contribution in [2.45, 2.75) is 5.75 Å². The summed E-state index contributed by atoms with van der Waals surface area (Å²) in [4.78, 5) is 16.0. The molecule has 1 aromatic carbocycles. The van der Waals surface area contributed by atoms with Crippen LogP contribution in [-0.2, 0) is 15.8 Å². The summed E-state index contributed by atoms with van der Waals surface area (Å²) in [5, 5.41) is 0. The first kappa shape index (κ1) is 13.2. The standard InChI is InChI=1S/C11H10FN3O3S/c12-9-6-13-11(16)14-10(9)15-19(17,18)7-8-4-2-1-3-5-8/h1-6H,7H2,(H2,13,14,15,16). The van der Waals surface area contributed by atoms with Gasteiger partial charge in [0.2, 0.25) is 10.0 Å². The SMILES string of the molecule is O=c1ncc(F)c(NS(=O)(=O)Cc2ccccc2)[nH]1. The Morgan fingerprint density at radius 1 is 1.26 bits per heavy atom. The molecule has 0 saturated heterocycles. The van der Waals surface area contributed by atoms with Crippen LogP contribution in [0.3, 0.4) is 0 Å². The molecular weight excluding hydrogens is 273 g/mol. The van der Waals surface area contributed by atoms with E-state index in [-0.39, 0.29) is 5.75 Å². The van der Waals surface area contributed by atoms with E-state index in [9.17, 15) is 17.6 Å². The fraction of sp³-hybridized carbons (Fsp3) is 0.0909. The Balaban J connectivity index is 2.22. The number of aromatic nitrogens is 2. The summed E-state index contributed by atoms with van der Waals surface area (Å²) >= 11 is 0. The van der Waals surface area contributed by atoms with Crippen LogP contribution in [0.2, 0.25) is 0 Å². The smallest absolute Gasteiger partial charge is 0.289 e. The lowest BCUT2D eigenvalue weighted by atomic mass is 10.2. The minimum absolute atomic E-state index is 0.322. The van der Waals surface area contributed by atoms with E-state index in [1.54, 1.807) is 30.3 Å². The Kier molecular flexibility index (Phi) is 3.61. The van der Waals surface area contributed by atoms with Crippen molar-refractivity contribution in [1.29, 1.82) is 0 Å². The van der Waals surface area contributed by atoms with Crippen molar-refractivity contribution in [3.8, 4) is 0 Å². The summed E-state index contributed by atoms with van der Waals surface area (Å²) in [6, 6.07) is 8.40. The molecule has 0 saturated carbocycles. The molecule has 19 heavy (non-hydrogen) atoms. The third-order valence-corrected chi connectivity index (χ3v) is 3.45. The van der Waals surface area contributed by atoms with Gasteiger partial charge in [-0.25, -0.2) is 17.6 Å². The van der Waals surface area contributed by atoms with Crippen molar-refractivity contribution in [3.63, 3.8) is 0 Å². The van der Waals surface area contributed by atoms with E-state index in [1.165, 1.54) is 0 Å². The zero-order valence-electron chi connectivity index (χ0n) is 9.63. The van der Waals surface area contributed by atoms with Gasteiger partial charge in [0.1, 0.15) is 0 Å². The van der Waals surface area contributed by atoms with Crippen LogP contribution in [0, 0.1) is 5.82 Å². The molecular formula is C11H10FN3O3S. The number of H-pyrrole nitrogens is 1. The van der Waals surface area contributed by atoms with Gasteiger partial charge in [0.05, 0.1) is 11.9 Å². The van der Waals surface area contributed by atoms with Crippen molar-refractivity contribution in [1.82, 2.24) is 9.97 Å². The molecule has 0 radical (unpaired) electrons. The highest BCUT2D eigenvalue weighted by molar-refractivity contribution is 7.91. The summed E-state index contributed by atoms with van der Waals surface area (Å²) in [6.07, 6.45) is 0.652. The molecule has 1 aromatic heterocycles. The Hall–Kier alpha value is -2.22. The highest BCUT2D eigenvalue weighted by atomic mass is 32.2. The Morgan fingerprint density at radius 3 is 2.63 bits per heavy atom. The molecule has 2 aromatic rings. The number of aromatic amines is 1. The molecule has 0 amide bonds. The normalized spacial score (nSPS) is 11.2. The first-order valence-corrected chi connectivity index (χ1v) is 6.91. The molecule has 0 bridgehead atoms. The maximum Gasteiger partial charge on any atom is 0.346 e. The number of nitrogens with zero attached hydrogens (tertiary/aromatic N) is 1. The summed E-state index contributed by atoms with van der Waals surface area (Å²) in [6.45, 7) is 0. The van der Waals surface area contributed by atoms with Crippen molar-refractivity contribution in [3.05, 3.63) is 58.4 Å². The Bertz CT molecular complexity index is 728. The second kappa shape index (κ2) is 5.19. The van der Waals surface area contributed by atoms with Crippen LogP contribution in [-0.4, -0.2) is 18.4 Å². The molecule has 2 rings (SSSR count). The highest BCUT2D eigenvalue weighted by Crippen LogP contribution is 2.11. The van der Waals surface area contributed by atoms with Crippen molar-refractivity contribution < 1.29 is 12.8 Å². The molecule has 0 fully saturated rings. The minimum atomic E-state index is -3.81. The van der Waals surface area contributed by atoms with Crippen LogP contribution >= 0.6 is 0 Å². The molecule has 0 atom stereocenters. The predicted octanol–water partition coefficient (Wildman–Crippen LogP) is 0.851. The largest absolute Gasteiger partial charge is 0.346 e. The van der Waals surface area contributed by atoms with Crippen LogP contribution < -0.4 is 10.4 Å². The van der Waals surface area contributed by atoms with Gasteiger partial charge in [-0.2, -0.15) is 4.98 Å². The number of sulfonamides is 1. The lowest BCUT2D eigenvalue weighted by molar-refractivity contribution is 0.595. The van der Waals surface area contributed by atoms with E-state index in [0.29, 0.717) is 11.8 Å². The summed E-state index contributed by atoms with van der Waals surface area (Å²) in [7, 11) is -3.81. The van der Waals surface area contributed by atoms with Gasteiger partial charge in [-0.3, -0.25) is 9.71 Å². The maximum absolute atomic E-state index is 13.3. The molecule has 0 aliphatic heterocycles. The second-order valence-electron chi connectivity index (χ2n) is 3.76. The molecule has 100 valence electrons. The second-order valence-corrected chi connectivity index (χ2v) is 5.48. The molecule has 2 N–H and O–H groups in total. The number of nitrogens with one attached hydrogen (secondary N) is 2. The molecule has 0 aliphatic carbocycles. The van der Waals surface area contributed by atoms with E-state index in [1.807, 2.05) is 9.71 Å². The summed E-state index contributed by atoms with van der Waals surface area (Å²) < 4.78 is 38.9. The Labute approximate surface area is 108 Å². The van der Waals surface area contributed by atoms with Crippen LogP contribution in [0.15, 0.2) is 41.3 Å². The van der Waals surface area contributed by atoms with E-state index in [0.717, 1.165) is 0 Å². The number of hydrogen-bond donors (Lipinski definition) is 2. The lowest BCUT2D eigenvalue weighted by Gasteiger charge is -2.08. The zero-order valence-corrected chi connectivity index (χ0v) is 10.4. The monoisotopic (exact) mass is 283 g/mol. The van der Waals surface area contributed by atoms with Gasteiger partial charge >= 0.3 is 5.69 Å². The van der Waals surface area contributed by atoms with Gasteiger partial charge in [0.25, 0.3) is 0 Å². The molecule has 0 unspecified atom stereocenters. The molecule has 0 spiro atoms. The van der Waals surface area contributed by atoms with E-state index >= 15 is 0 Å². The van der Waals surface area contributed by atoms with Gasteiger partial charge in [-0.15, -0.1) is 0 Å². The first-order valence-electron chi connectivity index (χ1n) is 5.25. The van der Waals surface area contributed by atoms with Crippen LogP contribution in [0.4, 0.5) is 10.2 Å². The lowest BCUT2D eigenvalue weighted by Crippen LogP contribution is -2.21. The zero-order chi connectivity index (χ0) is 13.9. The number of halogens is 1. The maximum atomic E-state index is 13.3. The van der Waals surface area contributed by atoms with Gasteiger partial charge in [-0.05, 0) is 5.56 Å². The van der Waals surface area contributed by atoms with Crippen molar-refractivity contribution >= 4 is 15.8 Å². The molecule has 8 heteroatoms. The highest BCUT2D eigenvalue weighted by Gasteiger charge is 2.15. The Morgan fingerprint density at radius 2 is 1.95 bits per heavy atom. The first-order chi connectivity index (χ1) is 8.96. The van der Waals surface area contributed by atoms with Gasteiger partial charge in [0.15, 0.2) is 11.6 Å². The van der Waals surface area contributed by atoms with Gasteiger partial charge in [-0.1, -0.05) is 30.3 Å². The third-order valence-electron chi connectivity index (χ3n) is 2.22. The van der Waals surface area contributed by atoms with Crippen LogP contribution in [0.5, 0.6) is 0 Å².